The number of aliphatic hydroxyl groups excluding tert-OH is 1. The Hall–Kier alpha value is 0.0700. The van der Waals surface area contributed by atoms with Crippen LogP contribution in [0.25, 0.3) is 0 Å². The molecule has 84 valence electrons. The summed E-state index contributed by atoms with van der Waals surface area (Å²) < 4.78 is 0. The zero-order chi connectivity index (χ0) is 11.3. The van der Waals surface area contributed by atoms with Gasteiger partial charge in [0.2, 0.25) is 0 Å². The maximum atomic E-state index is 9.49. The fourth-order valence-corrected chi connectivity index (χ4v) is 2.28. The van der Waals surface area contributed by atoms with Crippen molar-refractivity contribution in [3.8, 4) is 0 Å². The van der Waals surface area contributed by atoms with Crippen molar-refractivity contribution < 1.29 is 5.11 Å². The Balaban J connectivity index is 2.47. The molecule has 0 spiro atoms. The monoisotopic (exact) mass is 265 g/mol. The van der Waals surface area contributed by atoms with Gasteiger partial charge in [-0.2, -0.15) is 0 Å². The number of nitrogens with one attached hydrogen (secondary N) is 1. The lowest BCUT2D eigenvalue weighted by molar-refractivity contribution is 0.199. The van der Waals surface area contributed by atoms with Gasteiger partial charge in [0.25, 0.3) is 0 Å². The second-order valence-corrected chi connectivity index (χ2v) is 5.01. The highest BCUT2D eigenvalue weighted by Gasteiger charge is 2.05. The Morgan fingerprint density at radius 2 is 2.13 bits per heavy atom. The van der Waals surface area contributed by atoms with Gasteiger partial charge >= 0.3 is 0 Å². The van der Waals surface area contributed by atoms with Gasteiger partial charge in [-0.3, -0.25) is 0 Å². The molecule has 0 aliphatic heterocycles. The van der Waals surface area contributed by atoms with Crippen LogP contribution in [-0.4, -0.2) is 30.6 Å². The van der Waals surface area contributed by atoms with E-state index >= 15 is 0 Å². The van der Waals surface area contributed by atoms with Crippen LogP contribution in [0.2, 0.25) is 10.0 Å². The molecule has 0 aromatic heterocycles. The van der Waals surface area contributed by atoms with Crippen molar-refractivity contribution in [2.24, 2.45) is 0 Å². The topological polar surface area (TPSA) is 32.3 Å². The summed E-state index contributed by atoms with van der Waals surface area (Å²) in [6, 6.07) is 5.46. The maximum absolute atomic E-state index is 9.49. The van der Waals surface area contributed by atoms with Gasteiger partial charge in [-0.15, -0.1) is 11.8 Å². The van der Waals surface area contributed by atoms with Crippen molar-refractivity contribution in [1.29, 1.82) is 0 Å². The Labute approximate surface area is 104 Å². The van der Waals surface area contributed by atoms with Crippen molar-refractivity contribution in [3.63, 3.8) is 0 Å². The van der Waals surface area contributed by atoms with Crippen LogP contribution < -0.4 is 5.32 Å². The number of hydrogen-bond acceptors (Lipinski definition) is 3. The third-order valence-corrected chi connectivity index (χ3v) is 3.65. The van der Waals surface area contributed by atoms with Crippen molar-refractivity contribution >= 4 is 35.0 Å². The lowest BCUT2D eigenvalue weighted by atomic mass is 10.4. The quantitative estimate of drug-likeness (QED) is 0.804. The van der Waals surface area contributed by atoms with Crippen LogP contribution in [-0.2, 0) is 0 Å². The minimum atomic E-state index is -0.352. The lowest BCUT2D eigenvalue weighted by Gasteiger charge is -2.09. The molecular weight excluding hydrogens is 253 g/mol. The number of rotatable bonds is 5. The first kappa shape index (κ1) is 13.1. The van der Waals surface area contributed by atoms with E-state index in [1.165, 1.54) is 0 Å². The summed E-state index contributed by atoms with van der Waals surface area (Å²) in [7, 11) is 1.81. The Bertz CT molecular complexity index is 322. The highest BCUT2D eigenvalue weighted by atomic mass is 35.5. The molecule has 2 N–H and O–H groups in total. The van der Waals surface area contributed by atoms with Gasteiger partial charge in [-0.05, 0) is 25.2 Å². The fraction of sp³-hybridized carbons (Fsp3) is 0.400. The van der Waals surface area contributed by atoms with Gasteiger partial charge in [0.15, 0.2) is 0 Å². The van der Waals surface area contributed by atoms with Crippen LogP contribution in [0.15, 0.2) is 23.1 Å². The SMILES string of the molecule is CNCC(O)CSc1ccc(Cl)c(Cl)c1. The molecule has 0 aliphatic carbocycles. The molecule has 15 heavy (non-hydrogen) atoms. The summed E-state index contributed by atoms with van der Waals surface area (Å²) >= 11 is 13.2. The molecule has 0 heterocycles. The third-order valence-electron chi connectivity index (χ3n) is 1.77. The molecule has 1 aromatic rings. The van der Waals surface area contributed by atoms with Crippen LogP contribution in [0, 0.1) is 0 Å². The zero-order valence-electron chi connectivity index (χ0n) is 8.34. The third kappa shape index (κ3) is 4.62. The summed E-state index contributed by atoms with van der Waals surface area (Å²) in [5.41, 5.74) is 0. The first-order valence-electron chi connectivity index (χ1n) is 4.54. The molecule has 0 fully saturated rings. The molecule has 0 radical (unpaired) electrons. The van der Waals surface area contributed by atoms with E-state index in [9.17, 15) is 5.11 Å². The Kier molecular flexibility index (Phi) is 5.79. The van der Waals surface area contributed by atoms with Crippen LogP contribution in [0.1, 0.15) is 0 Å². The molecule has 0 amide bonds. The van der Waals surface area contributed by atoms with Crippen LogP contribution in [0.3, 0.4) is 0 Å². The normalized spacial score (nSPS) is 12.8. The second kappa shape index (κ2) is 6.61. The van der Waals surface area contributed by atoms with E-state index in [1.807, 2.05) is 13.1 Å². The summed E-state index contributed by atoms with van der Waals surface area (Å²) in [6.45, 7) is 0.592. The van der Waals surface area contributed by atoms with Crippen molar-refractivity contribution in [1.82, 2.24) is 5.32 Å². The number of benzene rings is 1. The van der Waals surface area contributed by atoms with Gasteiger partial charge in [-0.25, -0.2) is 0 Å². The molecule has 0 saturated heterocycles. The van der Waals surface area contributed by atoms with E-state index in [-0.39, 0.29) is 6.10 Å². The summed E-state index contributed by atoms with van der Waals surface area (Å²) in [5.74, 6) is 0.638. The van der Waals surface area contributed by atoms with Crippen molar-refractivity contribution in [2.45, 2.75) is 11.0 Å². The molecule has 1 unspecified atom stereocenters. The minimum Gasteiger partial charge on any atom is -0.391 e. The highest BCUT2D eigenvalue weighted by Crippen LogP contribution is 2.28. The largest absolute Gasteiger partial charge is 0.391 e. The number of thioether (sulfide) groups is 1. The Morgan fingerprint density at radius 1 is 1.40 bits per heavy atom. The van der Waals surface area contributed by atoms with Gasteiger partial charge in [0.05, 0.1) is 16.1 Å². The highest BCUT2D eigenvalue weighted by molar-refractivity contribution is 7.99. The average Bonchev–Trinajstić information content (AvgIpc) is 2.20. The molecule has 1 atom stereocenters. The number of halogens is 2. The van der Waals surface area contributed by atoms with E-state index in [0.29, 0.717) is 22.3 Å². The molecule has 0 bridgehead atoms. The average molecular weight is 266 g/mol. The maximum Gasteiger partial charge on any atom is 0.0758 e. The Morgan fingerprint density at radius 3 is 2.73 bits per heavy atom. The van der Waals surface area contributed by atoms with Crippen molar-refractivity contribution in [2.75, 3.05) is 19.3 Å². The predicted octanol–water partition coefficient (Wildman–Crippen LogP) is 2.67. The smallest absolute Gasteiger partial charge is 0.0758 e. The van der Waals surface area contributed by atoms with E-state index < -0.39 is 0 Å². The molecular formula is C10H13Cl2NOS. The van der Waals surface area contributed by atoms with Crippen LogP contribution >= 0.6 is 35.0 Å². The first-order valence-corrected chi connectivity index (χ1v) is 6.28. The van der Waals surface area contributed by atoms with E-state index in [0.717, 1.165) is 4.90 Å². The number of aliphatic hydroxyl groups is 1. The summed E-state index contributed by atoms with van der Waals surface area (Å²) in [6.07, 6.45) is -0.352. The fourth-order valence-electron chi connectivity index (χ4n) is 1.05. The van der Waals surface area contributed by atoms with Gasteiger partial charge in [0.1, 0.15) is 0 Å². The summed E-state index contributed by atoms with van der Waals surface area (Å²) in [5, 5.41) is 13.5. The van der Waals surface area contributed by atoms with Gasteiger partial charge in [0, 0.05) is 17.2 Å². The molecule has 0 aliphatic rings. The van der Waals surface area contributed by atoms with E-state index in [2.05, 4.69) is 5.32 Å². The van der Waals surface area contributed by atoms with E-state index in [1.54, 1.807) is 23.9 Å². The second-order valence-electron chi connectivity index (χ2n) is 3.10. The van der Waals surface area contributed by atoms with Crippen molar-refractivity contribution in [3.05, 3.63) is 28.2 Å². The molecule has 1 aromatic carbocycles. The summed E-state index contributed by atoms with van der Waals surface area (Å²) in [4.78, 5) is 1.01. The molecule has 5 heteroatoms. The predicted molar refractivity (Wildman–Crippen MR) is 67.1 cm³/mol. The lowest BCUT2D eigenvalue weighted by Crippen LogP contribution is -2.25. The number of likely N-dealkylation sites (N-methyl/N-ethyl adjacent to an activating group) is 1. The number of hydrogen-bond donors (Lipinski definition) is 2. The standard InChI is InChI=1S/C10H13Cl2NOS/c1-13-5-7(14)6-15-8-2-3-9(11)10(12)4-8/h2-4,7,13-14H,5-6H2,1H3. The molecule has 0 saturated carbocycles. The first-order chi connectivity index (χ1) is 7.13. The molecule has 2 nitrogen and oxygen atoms in total. The van der Waals surface area contributed by atoms with Crippen LogP contribution in [0.5, 0.6) is 0 Å². The minimum absolute atomic E-state index is 0.352. The van der Waals surface area contributed by atoms with Gasteiger partial charge in [-0.1, -0.05) is 23.2 Å². The molecule has 1 rings (SSSR count). The van der Waals surface area contributed by atoms with Crippen LogP contribution in [0.4, 0.5) is 0 Å². The van der Waals surface area contributed by atoms with Gasteiger partial charge < -0.3 is 10.4 Å². The van der Waals surface area contributed by atoms with E-state index in [4.69, 9.17) is 23.2 Å². The zero-order valence-corrected chi connectivity index (χ0v) is 10.7.